The van der Waals surface area contributed by atoms with E-state index in [1.165, 1.54) is 11.8 Å². The first-order valence-corrected chi connectivity index (χ1v) is 14.8. The van der Waals surface area contributed by atoms with Gasteiger partial charge < -0.3 is 24.6 Å². The standard InChI is InChI=1S/C26H26ClN7O3S2/c27-18-3-1-17(2-4-18)21(35)16-38-26-29-20-6-5-19(15-22(20)39-26)28-23-30-24(33-7-11-36-12-8-33)32-25(31-23)34-9-13-37-14-10-34/h1-6,15H,7-14,16H2,(H,28,30,31,32). The van der Waals surface area contributed by atoms with Crippen molar-refractivity contribution >= 4 is 74.2 Å². The van der Waals surface area contributed by atoms with E-state index >= 15 is 0 Å². The molecule has 2 aromatic carbocycles. The number of fused-ring (bicyclic) bond motifs is 1. The van der Waals surface area contributed by atoms with E-state index in [9.17, 15) is 4.79 Å². The number of nitrogens with one attached hydrogen (secondary N) is 1. The number of thiazole rings is 1. The number of hydrogen-bond donors (Lipinski definition) is 1. The van der Waals surface area contributed by atoms with Crippen LogP contribution in [0.25, 0.3) is 10.2 Å². The number of carbonyl (C=O) groups is 1. The molecule has 1 N–H and O–H groups in total. The SMILES string of the molecule is O=C(CSc1nc2ccc(Nc3nc(N4CCOCC4)nc(N4CCOCC4)n3)cc2s1)c1ccc(Cl)cc1. The van der Waals surface area contributed by atoms with Crippen LogP contribution in [-0.2, 0) is 9.47 Å². The number of ether oxygens (including phenoxy) is 2. The number of halogens is 1. The number of rotatable bonds is 8. The number of carbonyl (C=O) groups excluding carboxylic acids is 1. The third-order valence-corrected chi connectivity index (χ3v) is 8.73. The molecular formula is C26H26ClN7O3S2. The number of ketones is 1. The van der Waals surface area contributed by atoms with Gasteiger partial charge in [0.15, 0.2) is 10.1 Å². The second kappa shape index (κ2) is 12.0. The number of morpholine rings is 2. The van der Waals surface area contributed by atoms with E-state index in [0.717, 1.165) is 46.4 Å². The highest BCUT2D eigenvalue weighted by Crippen LogP contribution is 2.32. The molecule has 2 aliphatic rings. The summed E-state index contributed by atoms with van der Waals surface area (Å²) in [6.07, 6.45) is 0. The number of hydrogen-bond acceptors (Lipinski definition) is 12. The quantitative estimate of drug-likeness (QED) is 0.234. The normalized spacial score (nSPS) is 16.0. The van der Waals surface area contributed by atoms with E-state index in [-0.39, 0.29) is 5.78 Å². The van der Waals surface area contributed by atoms with Crippen LogP contribution in [0.4, 0.5) is 23.5 Å². The Morgan fingerprint density at radius 1 is 0.897 bits per heavy atom. The summed E-state index contributed by atoms with van der Waals surface area (Å²) in [6.45, 7) is 5.53. The molecule has 4 aromatic rings. The summed E-state index contributed by atoms with van der Waals surface area (Å²) < 4.78 is 12.9. The minimum absolute atomic E-state index is 0.0419. The van der Waals surface area contributed by atoms with Crippen LogP contribution in [0.2, 0.25) is 5.02 Å². The molecule has 6 rings (SSSR count). The molecule has 0 unspecified atom stereocenters. The topological polar surface area (TPSA) is 106 Å². The predicted octanol–water partition coefficient (Wildman–Crippen LogP) is 4.53. The first kappa shape index (κ1) is 26.2. The van der Waals surface area contributed by atoms with Gasteiger partial charge in [0, 0.05) is 42.5 Å². The minimum atomic E-state index is 0.0419. The molecule has 0 amide bonds. The zero-order valence-electron chi connectivity index (χ0n) is 21.0. The molecule has 2 saturated heterocycles. The van der Waals surface area contributed by atoms with Crippen molar-refractivity contribution in [2.45, 2.75) is 4.34 Å². The Hall–Kier alpha value is -3.03. The summed E-state index contributed by atoms with van der Waals surface area (Å²) in [5, 5.41) is 3.98. The fourth-order valence-corrected chi connectivity index (χ4v) is 6.37. The fraction of sp³-hybridized carbons (Fsp3) is 0.346. The van der Waals surface area contributed by atoms with Gasteiger partial charge in [-0.3, -0.25) is 4.79 Å². The number of benzene rings is 2. The first-order valence-electron chi connectivity index (χ1n) is 12.6. The van der Waals surface area contributed by atoms with Crippen LogP contribution in [0.1, 0.15) is 10.4 Å². The highest BCUT2D eigenvalue weighted by Gasteiger charge is 2.21. The van der Waals surface area contributed by atoms with E-state index in [1.807, 2.05) is 18.2 Å². The Bertz CT molecular complexity index is 1420. The highest BCUT2D eigenvalue weighted by atomic mass is 35.5. The molecule has 0 saturated carbocycles. The summed E-state index contributed by atoms with van der Waals surface area (Å²) >= 11 is 8.92. The number of nitrogens with zero attached hydrogens (tertiary/aromatic N) is 6. The van der Waals surface area contributed by atoms with E-state index in [0.29, 0.717) is 60.6 Å². The Labute approximate surface area is 238 Å². The molecule has 0 bridgehead atoms. The van der Waals surface area contributed by atoms with Crippen LogP contribution in [0.5, 0.6) is 0 Å². The van der Waals surface area contributed by atoms with Gasteiger partial charge in [0.2, 0.25) is 17.8 Å². The first-order chi connectivity index (χ1) is 19.1. The lowest BCUT2D eigenvalue weighted by Crippen LogP contribution is -2.40. The predicted molar refractivity (Wildman–Crippen MR) is 155 cm³/mol. The lowest BCUT2D eigenvalue weighted by atomic mass is 10.1. The van der Waals surface area contributed by atoms with Crippen LogP contribution in [0.3, 0.4) is 0 Å². The van der Waals surface area contributed by atoms with E-state index in [4.69, 9.17) is 41.0 Å². The molecule has 0 aliphatic carbocycles. The third kappa shape index (κ3) is 6.42. The van der Waals surface area contributed by atoms with Gasteiger partial charge in [-0.1, -0.05) is 23.4 Å². The van der Waals surface area contributed by atoms with Gasteiger partial charge in [0.25, 0.3) is 0 Å². The van der Waals surface area contributed by atoms with Crippen molar-refractivity contribution in [1.82, 2.24) is 19.9 Å². The molecule has 39 heavy (non-hydrogen) atoms. The summed E-state index contributed by atoms with van der Waals surface area (Å²) in [5.41, 5.74) is 2.38. The largest absolute Gasteiger partial charge is 0.378 e. The van der Waals surface area contributed by atoms with Crippen molar-refractivity contribution in [3.8, 4) is 0 Å². The van der Waals surface area contributed by atoms with Gasteiger partial charge >= 0.3 is 0 Å². The highest BCUT2D eigenvalue weighted by molar-refractivity contribution is 8.01. The molecule has 202 valence electrons. The maximum Gasteiger partial charge on any atom is 0.233 e. The second-order valence-electron chi connectivity index (χ2n) is 8.96. The maximum atomic E-state index is 12.5. The van der Waals surface area contributed by atoms with Crippen LogP contribution >= 0.6 is 34.7 Å². The molecule has 0 radical (unpaired) electrons. The Kier molecular flexibility index (Phi) is 8.07. The van der Waals surface area contributed by atoms with Gasteiger partial charge in [-0.25, -0.2) is 4.98 Å². The van der Waals surface area contributed by atoms with Gasteiger partial charge in [-0.2, -0.15) is 15.0 Å². The summed E-state index contributed by atoms with van der Waals surface area (Å²) in [4.78, 5) is 35.7. The van der Waals surface area contributed by atoms with Crippen LogP contribution in [0, 0.1) is 0 Å². The summed E-state index contributed by atoms with van der Waals surface area (Å²) in [5.74, 6) is 2.12. The molecule has 0 spiro atoms. The van der Waals surface area contributed by atoms with Crippen molar-refractivity contribution in [1.29, 1.82) is 0 Å². The van der Waals surface area contributed by atoms with Gasteiger partial charge in [0.1, 0.15) is 0 Å². The van der Waals surface area contributed by atoms with Crippen molar-refractivity contribution in [3.63, 3.8) is 0 Å². The smallest absolute Gasteiger partial charge is 0.233 e. The van der Waals surface area contributed by atoms with Gasteiger partial charge in [0.05, 0.1) is 42.4 Å². The van der Waals surface area contributed by atoms with Gasteiger partial charge in [-0.05, 0) is 42.5 Å². The van der Waals surface area contributed by atoms with Crippen molar-refractivity contribution in [3.05, 3.63) is 53.1 Å². The number of Topliss-reactive ketones (excluding diaryl/α,β-unsaturated/α-hetero) is 1. The Morgan fingerprint density at radius 2 is 1.54 bits per heavy atom. The molecule has 4 heterocycles. The Balaban J connectivity index is 1.19. The van der Waals surface area contributed by atoms with Crippen LogP contribution < -0.4 is 15.1 Å². The van der Waals surface area contributed by atoms with Crippen LogP contribution in [-0.4, -0.2) is 84.1 Å². The average molecular weight is 584 g/mol. The summed E-state index contributed by atoms with van der Waals surface area (Å²) in [7, 11) is 0. The fourth-order valence-electron chi connectivity index (χ4n) is 4.24. The van der Waals surface area contributed by atoms with Crippen molar-refractivity contribution < 1.29 is 14.3 Å². The van der Waals surface area contributed by atoms with E-state index in [2.05, 4.69) is 15.1 Å². The molecule has 10 nitrogen and oxygen atoms in total. The van der Waals surface area contributed by atoms with Crippen molar-refractivity contribution in [2.24, 2.45) is 0 Å². The number of aromatic nitrogens is 4. The molecule has 2 aliphatic heterocycles. The zero-order chi connectivity index (χ0) is 26.6. The third-order valence-electron chi connectivity index (χ3n) is 6.32. The maximum absolute atomic E-state index is 12.5. The monoisotopic (exact) mass is 583 g/mol. The average Bonchev–Trinajstić information content (AvgIpc) is 3.39. The number of thioether (sulfide) groups is 1. The zero-order valence-corrected chi connectivity index (χ0v) is 23.4. The molecule has 2 fully saturated rings. The van der Waals surface area contributed by atoms with E-state index in [1.54, 1.807) is 35.6 Å². The second-order valence-corrected chi connectivity index (χ2v) is 11.7. The Morgan fingerprint density at radius 3 is 2.18 bits per heavy atom. The van der Waals surface area contributed by atoms with E-state index < -0.39 is 0 Å². The lowest BCUT2D eigenvalue weighted by molar-refractivity contribution is 0.102. The molecule has 2 aromatic heterocycles. The molecule has 13 heteroatoms. The summed E-state index contributed by atoms with van der Waals surface area (Å²) in [6, 6.07) is 12.9. The number of anilines is 4. The molecular weight excluding hydrogens is 558 g/mol. The van der Waals surface area contributed by atoms with Crippen LogP contribution in [0.15, 0.2) is 46.8 Å². The minimum Gasteiger partial charge on any atom is -0.378 e. The van der Waals surface area contributed by atoms with Crippen molar-refractivity contribution in [2.75, 3.05) is 73.5 Å². The lowest BCUT2D eigenvalue weighted by Gasteiger charge is -2.30. The van der Waals surface area contributed by atoms with Gasteiger partial charge in [-0.15, -0.1) is 11.3 Å². The molecule has 0 atom stereocenters.